The number of thiocarbonyl (C=S) groups is 1. The van der Waals surface area contributed by atoms with Gasteiger partial charge in [-0.25, -0.2) is 0 Å². The van der Waals surface area contributed by atoms with Gasteiger partial charge in [0.25, 0.3) is 0 Å². The SMILES string of the molecule is CCN(CC)C(=S)[S-].[H-].[H-].[H-].[Na+].[Na+].[Na+].[Na+]. The monoisotopic (exact) mass is 243 g/mol. The Morgan fingerprint density at radius 2 is 1.42 bits per heavy atom. The molecule has 0 N–H and O–H groups in total. The van der Waals surface area contributed by atoms with Crippen molar-refractivity contribution in [1.29, 1.82) is 0 Å². The van der Waals surface area contributed by atoms with Crippen molar-refractivity contribution >= 4 is 29.2 Å². The van der Waals surface area contributed by atoms with Crippen molar-refractivity contribution in [2.24, 2.45) is 0 Å². The molecule has 0 bridgehead atoms. The van der Waals surface area contributed by atoms with Gasteiger partial charge in [-0.1, -0.05) is 4.32 Å². The van der Waals surface area contributed by atoms with E-state index in [0.29, 0.717) is 4.32 Å². The number of hydrogen-bond donors (Lipinski definition) is 0. The predicted molar refractivity (Wildman–Crippen MR) is 46.2 cm³/mol. The molecule has 0 aliphatic rings. The van der Waals surface area contributed by atoms with Crippen LogP contribution in [0.4, 0.5) is 0 Å². The first-order chi connectivity index (χ1) is 3.72. The van der Waals surface area contributed by atoms with Crippen LogP contribution in [0.1, 0.15) is 18.1 Å². The van der Waals surface area contributed by atoms with E-state index in [-0.39, 0.29) is 123 Å². The summed E-state index contributed by atoms with van der Waals surface area (Å²) in [5, 5.41) is 0. The largest absolute Gasteiger partial charge is 1.00 e. The predicted octanol–water partition coefficient (Wildman–Crippen LogP) is -10.5. The summed E-state index contributed by atoms with van der Waals surface area (Å²) in [6, 6.07) is 0. The normalized spacial score (nSPS) is 5.83. The zero-order chi connectivity index (χ0) is 6.57. The third-order valence-corrected chi connectivity index (χ3v) is 1.54. The molecule has 0 spiro atoms. The van der Waals surface area contributed by atoms with E-state index in [2.05, 4.69) is 0 Å². The molecule has 7 heteroatoms. The maximum absolute atomic E-state index is 4.76. The molecule has 0 amide bonds. The van der Waals surface area contributed by atoms with Crippen LogP contribution >= 0.6 is 12.2 Å². The van der Waals surface area contributed by atoms with Crippen molar-refractivity contribution < 1.29 is 123 Å². The first-order valence-electron chi connectivity index (χ1n) is 2.68. The molecule has 0 aromatic carbocycles. The van der Waals surface area contributed by atoms with Gasteiger partial charge in [-0.15, -0.1) is 0 Å². The van der Waals surface area contributed by atoms with Crippen LogP contribution in [0.25, 0.3) is 0 Å². The van der Waals surface area contributed by atoms with E-state index in [9.17, 15) is 0 Å². The van der Waals surface area contributed by atoms with Crippen molar-refractivity contribution in [3.8, 4) is 0 Å². The van der Waals surface area contributed by atoms with E-state index >= 15 is 0 Å². The Balaban J connectivity index is -0.0000000117. The average molecular weight is 243 g/mol. The molecule has 0 unspecified atom stereocenters. The average Bonchev–Trinajstić information content (AvgIpc) is 1.69. The molecule has 1 nitrogen and oxygen atoms in total. The van der Waals surface area contributed by atoms with Gasteiger partial charge in [-0.05, 0) is 13.8 Å². The summed E-state index contributed by atoms with van der Waals surface area (Å²) in [5.74, 6) is 0. The molecule has 0 rings (SSSR count). The van der Waals surface area contributed by atoms with Crippen LogP contribution in [0.15, 0.2) is 0 Å². The molecule has 0 saturated heterocycles. The standard InChI is InChI=1S/C5H11NS2.4Na.3H/c1-3-6(4-2)5(7)8;;;;;;;/h3-4H2,1-2H3,(H,7,8);;;;;;;/q;4*+1;3*-1/p-1. The van der Waals surface area contributed by atoms with Crippen molar-refractivity contribution in [2.45, 2.75) is 13.8 Å². The van der Waals surface area contributed by atoms with Gasteiger partial charge >= 0.3 is 118 Å². The van der Waals surface area contributed by atoms with E-state index in [4.69, 9.17) is 24.8 Å². The van der Waals surface area contributed by atoms with Crippen LogP contribution in [0.2, 0.25) is 0 Å². The summed E-state index contributed by atoms with van der Waals surface area (Å²) >= 11 is 9.51. The van der Waals surface area contributed by atoms with E-state index < -0.39 is 0 Å². The molecular formula is C5H13NNa4S2. The molecule has 0 aromatic rings. The van der Waals surface area contributed by atoms with Crippen molar-refractivity contribution in [3.05, 3.63) is 0 Å². The van der Waals surface area contributed by atoms with Gasteiger partial charge in [-0.3, -0.25) is 0 Å². The third-order valence-electron chi connectivity index (χ3n) is 1.02. The third kappa shape index (κ3) is 16.5. The topological polar surface area (TPSA) is 3.24 Å². The first kappa shape index (κ1) is 29.8. The van der Waals surface area contributed by atoms with Crippen molar-refractivity contribution in [3.63, 3.8) is 0 Å². The van der Waals surface area contributed by atoms with E-state index in [1.807, 2.05) is 18.7 Å². The van der Waals surface area contributed by atoms with Gasteiger partial charge < -0.3 is 34.0 Å². The molecule has 0 fully saturated rings. The summed E-state index contributed by atoms with van der Waals surface area (Å²) in [6.45, 7) is 5.95. The van der Waals surface area contributed by atoms with Gasteiger partial charge in [-0.2, -0.15) is 0 Å². The smallest absolute Gasteiger partial charge is 1.00 e. The Morgan fingerprint density at radius 1 is 1.17 bits per heavy atom. The second kappa shape index (κ2) is 20.5. The van der Waals surface area contributed by atoms with Gasteiger partial charge in [0.15, 0.2) is 0 Å². The van der Waals surface area contributed by atoms with E-state index in [0.717, 1.165) is 13.1 Å². The first-order valence-corrected chi connectivity index (χ1v) is 3.50. The molecule has 0 radical (unpaired) electrons. The van der Waals surface area contributed by atoms with Crippen LogP contribution < -0.4 is 118 Å². The minimum atomic E-state index is 0. The minimum Gasteiger partial charge on any atom is -1.00 e. The summed E-state index contributed by atoms with van der Waals surface area (Å²) in [7, 11) is 0. The molecule has 0 heterocycles. The molecule has 12 heavy (non-hydrogen) atoms. The molecule has 0 atom stereocenters. The Kier molecular flexibility index (Phi) is 50.9. The maximum atomic E-state index is 4.76. The second-order valence-corrected chi connectivity index (χ2v) is 2.47. The van der Waals surface area contributed by atoms with E-state index in [1.54, 1.807) is 0 Å². The molecule has 0 aliphatic carbocycles. The van der Waals surface area contributed by atoms with Crippen LogP contribution in [0.3, 0.4) is 0 Å². The Bertz CT molecular complexity index is 100. The summed E-state index contributed by atoms with van der Waals surface area (Å²) in [6.07, 6.45) is 0. The zero-order valence-corrected chi connectivity index (χ0v) is 18.8. The van der Waals surface area contributed by atoms with E-state index in [1.165, 1.54) is 0 Å². The summed E-state index contributed by atoms with van der Waals surface area (Å²) in [5.41, 5.74) is 0. The Morgan fingerprint density at radius 3 is 1.42 bits per heavy atom. The number of hydrogen-bond acceptors (Lipinski definition) is 2. The van der Waals surface area contributed by atoms with Crippen LogP contribution in [0, 0.1) is 0 Å². The fourth-order valence-corrected chi connectivity index (χ4v) is 0.998. The van der Waals surface area contributed by atoms with Gasteiger partial charge in [0.1, 0.15) is 0 Å². The molecule has 54 valence electrons. The number of rotatable bonds is 2. The van der Waals surface area contributed by atoms with Gasteiger partial charge in [0.2, 0.25) is 0 Å². The minimum absolute atomic E-state index is 0. The number of nitrogens with zero attached hydrogens (tertiary/aromatic N) is 1. The van der Waals surface area contributed by atoms with Crippen LogP contribution in [0.5, 0.6) is 0 Å². The Labute approximate surface area is 180 Å². The zero-order valence-electron chi connectivity index (χ0n) is 12.2. The van der Waals surface area contributed by atoms with Gasteiger partial charge in [0, 0.05) is 13.1 Å². The van der Waals surface area contributed by atoms with Crippen molar-refractivity contribution in [1.82, 2.24) is 4.90 Å². The fraction of sp³-hybridized carbons (Fsp3) is 0.800. The Hall–Kier alpha value is 4.11. The van der Waals surface area contributed by atoms with Crippen molar-refractivity contribution in [2.75, 3.05) is 13.1 Å². The van der Waals surface area contributed by atoms with Gasteiger partial charge in [0.05, 0.1) is 0 Å². The maximum Gasteiger partial charge on any atom is 1.00 e. The summed E-state index contributed by atoms with van der Waals surface area (Å²) in [4.78, 5) is 1.96. The fourth-order valence-electron chi connectivity index (χ4n) is 0.482. The molecule has 0 saturated carbocycles. The molecule has 0 aliphatic heterocycles. The molecular weight excluding hydrogens is 230 g/mol. The summed E-state index contributed by atoms with van der Waals surface area (Å²) < 4.78 is 0.579. The van der Waals surface area contributed by atoms with Crippen LogP contribution in [-0.2, 0) is 12.6 Å². The quantitative estimate of drug-likeness (QED) is 0.269. The van der Waals surface area contributed by atoms with Crippen LogP contribution in [-0.4, -0.2) is 22.3 Å². The second-order valence-electron chi connectivity index (χ2n) is 1.44. The molecule has 0 aromatic heterocycles.